The number of aldehydes is 1. The fourth-order valence-electron chi connectivity index (χ4n) is 8.40. The van der Waals surface area contributed by atoms with E-state index < -0.39 is 11.9 Å². The quantitative estimate of drug-likeness (QED) is 0.0137. The number of carbonyl (C=O) groups excluding carboxylic acids is 3. The van der Waals surface area contributed by atoms with E-state index in [0.29, 0.717) is 165 Å². The number of H-pyrrole nitrogens is 1. The first-order chi connectivity index (χ1) is 51.4. The number of hydrogen-bond donors (Lipinski definition) is 4. The number of nitrogens with two attached hydrogens (primary N) is 2. The second kappa shape index (κ2) is 47.2. The zero-order chi connectivity index (χ0) is 81.4. The molecule has 0 saturated heterocycles. The van der Waals surface area contributed by atoms with Crippen LogP contribution < -0.4 is 68.3 Å². The highest BCUT2D eigenvalue weighted by Gasteiger charge is 2.25. The lowest BCUT2D eigenvalue weighted by Gasteiger charge is -2.16. The highest BCUT2D eigenvalue weighted by Crippen LogP contribution is 2.49. The Balaban J connectivity index is 0.000000333. The Morgan fingerprint density at radius 2 is 0.907 bits per heavy atom. The Bertz CT molecular complexity index is 4500. The van der Waals surface area contributed by atoms with Crippen molar-refractivity contribution in [3.63, 3.8) is 0 Å². The standard InChI is InChI=1S/C16H14Cl2N4O2S.C10H9Cl2NO2.C10H10Cl2O4.C10H12O4.C9H9BrCl2O2.C9H10Cl2O3.C5H5N3OS/c1-23-9-5-10(24-2)13(18)11(12(9)17)8-4-7-6-20-16(25-3)22-15(7)21-14(8)19;1-14-7-5-8(15-2)10(12)6(3-4-13)9(7)11;1-14-5-4-6(15-2)9(12)7(8(5)11)10(13)16-3;1-12-8-4-7(10(11)14-3)5-9(6-8)13-2;1-13-6-3-7(14-2)9(12)5(4-10)8(6)11;1-13-6-3-7(14-2)9(11)5(4-12)8(6)10;6-4-3(2-9)1-7-5(10)8-4/h4-6H,1-3H3,(H2,19,20,21,22);5H,3H2,1-2H3;4H,1-3H3;4-6H,1-3H3;3H,4H2,1-2H3;3,12H,4H2,1-2H3;1-2H,(H3,6,7,8,10). The SMILES string of the molecule is COC(=O)c1c(Cl)c(OC)cc(OC)c1Cl.COC(=O)c1cc(OC)cc(OC)c1.COc1cc(OC)c(Cl)c(-c2cc3cnc(SC)nc3nc2N)c1Cl.COc1cc(OC)c(Cl)c(CBr)c1Cl.COc1cc(OC)c(Cl)c(CC#N)c1Cl.COc1cc(OC)c(Cl)c(CO)c1Cl.Nc1[nH]c(=S)ncc1C=O. The van der Waals surface area contributed by atoms with Crippen LogP contribution in [-0.4, -0.2) is 154 Å². The lowest BCUT2D eigenvalue weighted by molar-refractivity contribution is 0.0591. The van der Waals surface area contributed by atoms with Crippen molar-refractivity contribution in [2.75, 3.05) is 117 Å². The van der Waals surface area contributed by atoms with Gasteiger partial charge in [-0.25, -0.2) is 29.5 Å². The normalized spacial score (nSPS) is 9.98. The number of fused-ring (bicyclic) bond motifs is 1. The largest absolute Gasteiger partial charge is 0.497 e. The number of aliphatic hydroxyl groups excluding tert-OH is 1. The highest BCUT2D eigenvalue weighted by molar-refractivity contribution is 9.08. The molecule has 0 aliphatic heterocycles. The number of nitrogen functional groups attached to an aromatic ring is 2. The third kappa shape index (κ3) is 24.8. The number of alkyl halides is 1. The number of aromatic amines is 1. The number of thioether (sulfide) groups is 1. The molecule has 3 aromatic heterocycles. The third-order valence-electron chi connectivity index (χ3n) is 13.9. The number of aliphatic hydroxyl groups is 1. The van der Waals surface area contributed by atoms with Gasteiger partial charge in [-0.1, -0.05) is 144 Å². The molecule has 39 heteroatoms. The first kappa shape index (κ1) is 94.3. The number of ether oxygens (including phenoxy) is 14. The number of halogens is 11. The van der Waals surface area contributed by atoms with Gasteiger partial charge in [0.2, 0.25) is 0 Å². The van der Waals surface area contributed by atoms with Crippen molar-refractivity contribution in [3.8, 4) is 86.2 Å². The summed E-state index contributed by atoms with van der Waals surface area (Å²) in [5.74, 6) is 4.87. The maximum atomic E-state index is 11.5. The van der Waals surface area contributed by atoms with E-state index in [0.717, 1.165) is 10.9 Å². The molecule has 0 bridgehead atoms. The predicted octanol–water partition coefficient (Wildman–Crippen LogP) is 18.6. The van der Waals surface area contributed by atoms with Crippen molar-refractivity contribution in [2.45, 2.75) is 23.5 Å². The molecule has 0 fully saturated rings. The van der Waals surface area contributed by atoms with Crippen LogP contribution in [0.25, 0.3) is 22.2 Å². The van der Waals surface area contributed by atoms with Crippen LogP contribution in [0.5, 0.6) is 69.0 Å². The number of rotatable bonds is 20. The molecule has 0 radical (unpaired) electrons. The zero-order valence-electron chi connectivity index (χ0n) is 59.8. The number of esters is 2. The van der Waals surface area contributed by atoms with Crippen LogP contribution in [0.15, 0.2) is 72.1 Å². The molecular formula is C69H69BrCl10N8O18S2. The zero-order valence-corrected chi connectivity index (χ0v) is 70.6. The van der Waals surface area contributed by atoms with E-state index in [2.05, 4.69) is 62.5 Å². The highest BCUT2D eigenvalue weighted by atomic mass is 79.9. The molecule has 0 atom stereocenters. The Hall–Kier alpha value is -7.90. The van der Waals surface area contributed by atoms with Gasteiger partial charge >= 0.3 is 11.9 Å². The van der Waals surface area contributed by atoms with Crippen LogP contribution in [0, 0.1) is 16.1 Å². The number of hydrogen-bond acceptors (Lipinski definition) is 27. The van der Waals surface area contributed by atoms with Crippen molar-refractivity contribution in [3.05, 3.63) is 155 Å². The molecule has 6 aromatic carbocycles. The molecule has 0 spiro atoms. The van der Waals surface area contributed by atoms with Gasteiger partial charge in [-0.3, -0.25) is 4.79 Å². The van der Waals surface area contributed by atoms with Gasteiger partial charge in [0.15, 0.2) is 21.9 Å². The Kier molecular flexibility index (Phi) is 41.2. The van der Waals surface area contributed by atoms with E-state index in [9.17, 15) is 14.4 Å². The molecular weight excluding hydrogens is 1730 g/mol. The average Bonchev–Trinajstić information content (AvgIpc) is 0.753. The average molecular weight is 1800 g/mol. The number of nitrogens with one attached hydrogen (secondary N) is 1. The maximum absolute atomic E-state index is 11.5. The monoisotopic (exact) mass is 1790 g/mol. The number of pyridine rings is 1. The van der Waals surface area contributed by atoms with Crippen LogP contribution in [0.4, 0.5) is 11.6 Å². The minimum atomic E-state index is -0.646. The first-order valence-electron chi connectivity index (χ1n) is 29.6. The van der Waals surface area contributed by atoms with Crippen LogP contribution >= 0.6 is 156 Å². The minimum absolute atomic E-state index is 0.0297. The van der Waals surface area contributed by atoms with Crippen molar-refractivity contribution < 1.29 is 85.8 Å². The van der Waals surface area contributed by atoms with E-state index in [1.165, 1.54) is 109 Å². The molecule has 0 unspecified atom stereocenters. The van der Waals surface area contributed by atoms with Gasteiger partial charge in [0.25, 0.3) is 0 Å². The van der Waals surface area contributed by atoms with Gasteiger partial charge in [0.1, 0.15) is 86.2 Å². The van der Waals surface area contributed by atoms with Crippen molar-refractivity contribution in [2.24, 2.45) is 0 Å². The van der Waals surface area contributed by atoms with Gasteiger partial charge in [0.05, 0.1) is 180 Å². The van der Waals surface area contributed by atoms with Crippen LogP contribution in [0.3, 0.4) is 0 Å². The van der Waals surface area contributed by atoms with E-state index in [1.54, 1.807) is 68.9 Å². The van der Waals surface area contributed by atoms with Crippen LogP contribution in [0.1, 0.15) is 47.8 Å². The molecule has 0 aliphatic carbocycles. The number of benzene rings is 6. The molecule has 3 heterocycles. The first-order valence-corrected chi connectivity index (χ1v) is 36.2. The Morgan fingerprint density at radius 3 is 1.24 bits per heavy atom. The molecule has 26 nitrogen and oxygen atoms in total. The number of nitriles is 1. The molecule has 9 rings (SSSR count). The topological polar surface area (TPSA) is 344 Å². The number of aromatic nitrogens is 5. The molecule has 0 saturated carbocycles. The van der Waals surface area contributed by atoms with Gasteiger partial charge in [-0.15, -0.1) is 0 Å². The lowest BCUT2D eigenvalue weighted by atomic mass is 10.0. The summed E-state index contributed by atoms with van der Waals surface area (Å²) >= 11 is 70.2. The number of carbonyl (C=O) groups is 3. The number of methoxy groups -OCH3 is 14. The summed E-state index contributed by atoms with van der Waals surface area (Å²) < 4.78 is 70.3. The van der Waals surface area contributed by atoms with E-state index >= 15 is 0 Å². The van der Waals surface area contributed by atoms with E-state index in [4.69, 9.17) is 195 Å². The number of anilines is 2. The Labute approximate surface area is 689 Å². The second-order valence-corrected chi connectivity index (χ2v) is 25.3. The van der Waals surface area contributed by atoms with E-state index in [-0.39, 0.29) is 45.0 Å². The fraction of sp³-hybridized carbons (Fsp3) is 0.261. The van der Waals surface area contributed by atoms with Gasteiger partial charge in [-0.05, 0) is 36.7 Å². The van der Waals surface area contributed by atoms with Crippen molar-refractivity contribution >= 4 is 197 Å². The van der Waals surface area contributed by atoms with Crippen LogP contribution in [-0.2, 0) is 27.8 Å². The lowest BCUT2D eigenvalue weighted by Crippen LogP contribution is -2.05. The third-order valence-corrected chi connectivity index (χ3v) is 19.2. The van der Waals surface area contributed by atoms with Gasteiger partial charge in [-0.2, -0.15) is 5.26 Å². The molecule has 108 heavy (non-hydrogen) atoms. The molecule has 582 valence electrons. The van der Waals surface area contributed by atoms with Crippen molar-refractivity contribution in [1.82, 2.24) is 24.9 Å². The molecule has 9 aromatic rings. The summed E-state index contributed by atoms with van der Waals surface area (Å²) in [5.41, 5.74) is 15.5. The van der Waals surface area contributed by atoms with Crippen LogP contribution in [0.2, 0.25) is 50.2 Å². The van der Waals surface area contributed by atoms with Crippen molar-refractivity contribution in [1.29, 1.82) is 5.26 Å². The molecule has 6 N–H and O–H groups in total. The van der Waals surface area contributed by atoms with Gasteiger partial charge < -0.3 is 87.9 Å². The van der Waals surface area contributed by atoms with Gasteiger partial charge in [0, 0.05) is 87.3 Å². The molecule has 0 amide bonds. The Morgan fingerprint density at radius 1 is 0.528 bits per heavy atom. The second-order valence-electron chi connectivity index (χ2n) is 19.8. The predicted molar refractivity (Wildman–Crippen MR) is 430 cm³/mol. The van der Waals surface area contributed by atoms with E-state index in [1.807, 2.05) is 12.3 Å². The fourth-order valence-corrected chi connectivity index (χ4v) is 13.0. The number of nitrogens with zero attached hydrogens (tertiary/aromatic N) is 5. The summed E-state index contributed by atoms with van der Waals surface area (Å²) in [6.45, 7) is -0.259. The summed E-state index contributed by atoms with van der Waals surface area (Å²) in [6.07, 6.45) is 5.64. The summed E-state index contributed by atoms with van der Waals surface area (Å²) in [5, 5.41) is 22.8. The summed E-state index contributed by atoms with van der Waals surface area (Å²) in [6, 6.07) is 16.6. The smallest absolute Gasteiger partial charge is 0.341 e. The summed E-state index contributed by atoms with van der Waals surface area (Å²) in [4.78, 5) is 52.0. The minimum Gasteiger partial charge on any atom is -0.497 e. The summed E-state index contributed by atoms with van der Waals surface area (Å²) in [7, 11) is 20.5. The molecule has 0 aliphatic rings. The maximum Gasteiger partial charge on any atom is 0.341 e.